The number of hydrogen-bond acceptors (Lipinski definition) is 5. The molecular formula is C25H24N4O3. The molecular weight excluding hydrogens is 404 g/mol. The molecule has 0 aromatic heterocycles. The van der Waals surface area contributed by atoms with E-state index >= 15 is 0 Å². The molecule has 1 heterocycles. The van der Waals surface area contributed by atoms with Crippen molar-refractivity contribution in [3.63, 3.8) is 0 Å². The molecule has 0 spiro atoms. The molecule has 7 heteroatoms. The summed E-state index contributed by atoms with van der Waals surface area (Å²) in [6.45, 7) is 1.92. The van der Waals surface area contributed by atoms with E-state index < -0.39 is 0 Å². The van der Waals surface area contributed by atoms with Crippen molar-refractivity contribution in [1.82, 2.24) is 5.32 Å². The lowest BCUT2D eigenvalue weighted by Crippen LogP contribution is -2.24. The molecule has 2 N–H and O–H groups in total. The van der Waals surface area contributed by atoms with Crippen LogP contribution >= 0.6 is 0 Å². The zero-order valence-corrected chi connectivity index (χ0v) is 18.1. The van der Waals surface area contributed by atoms with Crippen LogP contribution in [0, 0.1) is 11.8 Å². The van der Waals surface area contributed by atoms with E-state index in [0.717, 1.165) is 28.7 Å². The molecule has 4 rings (SSSR count). The Labute approximate surface area is 186 Å². The predicted molar refractivity (Wildman–Crippen MR) is 127 cm³/mol. The second-order valence-corrected chi connectivity index (χ2v) is 7.74. The van der Waals surface area contributed by atoms with Gasteiger partial charge in [-0.1, -0.05) is 30.4 Å². The van der Waals surface area contributed by atoms with Gasteiger partial charge < -0.3 is 10.6 Å². The van der Waals surface area contributed by atoms with E-state index in [1.165, 1.54) is 0 Å². The normalized spacial score (nSPS) is 14.7. The van der Waals surface area contributed by atoms with E-state index in [1.807, 2.05) is 43.3 Å². The van der Waals surface area contributed by atoms with Crippen molar-refractivity contribution in [3.05, 3.63) is 75.8 Å². The number of nitrogens with zero attached hydrogens (tertiary/aromatic N) is 2. The fourth-order valence-corrected chi connectivity index (χ4v) is 4.24. The summed E-state index contributed by atoms with van der Waals surface area (Å²) in [5.41, 5.74) is 6.09. The minimum absolute atomic E-state index is 0.194. The van der Waals surface area contributed by atoms with Gasteiger partial charge in [0, 0.05) is 30.1 Å². The summed E-state index contributed by atoms with van der Waals surface area (Å²) >= 11 is 0. The SMILES string of the molecule is CNC(=O)c1ccc(-c2cccc(NC(=O)C3=NC=CCC3)c2C)c2c1CCC=C2N=O. The molecule has 2 aromatic rings. The smallest absolute Gasteiger partial charge is 0.270 e. The Kier molecular flexibility index (Phi) is 6.07. The first-order chi connectivity index (χ1) is 15.5. The number of amides is 2. The number of fused-ring (bicyclic) bond motifs is 1. The van der Waals surface area contributed by atoms with Gasteiger partial charge in [0.25, 0.3) is 11.8 Å². The van der Waals surface area contributed by atoms with Crippen molar-refractivity contribution in [2.24, 2.45) is 10.2 Å². The van der Waals surface area contributed by atoms with Gasteiger partial charge in [-0.25, -0.2) is 0 Å². The van der Waals surface area contributed by atoms with Crippen LogP contribution in [0.2, 0.25) is 0 Å². The van der Waals surface area contributed by atoms with Crippen molar-refractivity contribution in [2.75, 3.05) is 12.4 Å². The van der Waals surface area contributed by atoms with Crippen molar-refractivity contribution in [1.29, 1.82) is 0 Å². The Morgan fingerprint density at radius 3 is 2.59 bits per heavy atom. The highest BCUT2D eigenvalue weighted by Crippen LogP contribution is 2.40. The lowest BCUT2D eigenvalue weighted by molar-refractivity contribution is -0.110. The van der Waals surface area contributed by atoms with Gasteiger partial charge in [0.05, 0.1) is 0 Å². The monoisotopic (exact) mass is 428 g/mol. The van der Waals surface area contributed by atoms with E-state index in [9.17, 15) is 14.5 Å². The zero-order chi connectivity index (χ0) is 22.7. The Hall–Kier alpha value is -3.87. The van der Waals surface area contributed by atoms with Crippen molar-refractivity contribution in [3.8, 4) is 11.1 Å². The molecule has 2 aliphatic rings. The number of benzene rings is 2. The van der Waals surface area contributed by atoms with Crippen molar-refractivity contribution < 1.29 is 9.59 Å². The summed E-state index contributed by atoms with van der Waals surface area (Å²) in [6, 6.07) is 9.28. The molecule has 1 aliphatic carbocycles. The highest BCUT2D eigenvalue weighted by molar-refractivity contribution is 6.43. The summed E-state index contributed by atoms with van der Waals surface area (Å²) in [5.74, 6) is -0.415. The number of nitrogens with one attached hydrogen (secondary N) is 2. The van der Waals surface area contributed by atoms with Crippen molar-refractivity contribution in [2.45, 2.75) is 32.6 Å². The van der Waals surface area contributed by atoms with Crippen LogP contribution in [-0.4, -0.2) is 24.6 Å². The van der Waals surface area contributed by atoms with Crippen LogP contribution in [0.25, 0.3) is 16.8 Å². The second kappa shape index (κ2) is 9.09. The molecule has 0 unspecified atom stereocenters. The molecule has 2 amide bonds. The van der Waals surface area contributed by atoms with Crippen LogP contribution in [0.15, 0.2) is 58.9 Å². The number of nitroso groups, excluding NO2 is 1. The number of rotatable bonds is 5. The predicted octanol–water partition coefficient (Wildman–Crippen LogP) is 4.76. The number of carbonyl (C=O) groups excluding carboxylic acids is 2. The largest absolute Gasteiger partial charge is 0.355 e. The van der Waals surface area contributed by atoms with E-state index in [-0.39, 0.29) is 11.8 Å². The van der Waals surface area contributed by atoms with Gasteiger partial charge in [0.15, 0.2) is 0 Å². The van der Waals surface area contributed by atoms with Gasteiger partial charge in [-0.2, -0.15) is 0 Å². The average Bonchev–Trinajstić information content (AvgIpc) is 2.84. The van der Waals surface area contributed by atoms with Crippen molar-refractivity contribution >= 4 is 28.9 Å². The highest BCUT2D eigenvalue weighted by atomic mass is 16.3. The van der Waals surface area contributed by atoms with Gasteiger partial charge in [-0.05, 0) is 72.2 Å². The molecule has 0 bridgehead atoms. The number of hydrogen-bond donors (Lipinski definition) is 2. The van der Waals surface area contributed by atoms with Gasteiger partial charge in [-0.3, -0.25) is 14.6 Å². The Morgan fingerprint density at radius 2 is 1.88 bits per heavy atom. The first kappa shape index (κ1) is 21.4. The maximum Gasteiger partial charge on any atom is 0.270 e. The summed E-state index contributed by atoms with van der Waals surface area (Å²) in [4.78, 5) is 40.9. The van der Waals surface area contributed by atoms with Crippen LogP contribution in [0.1, 0.15) is 46.3 Å². The third-order valence-corrected chi connectivity index (χ3v) is 5.89. The average molecular weight is 428 g/mol. The van der Waals surface area contributed by atoms with Crippen LogP contribution < -0.4 is 10.6 Å². The molecule has 0 fully saturated rings. The molecule has 7 nitrogen and oxygen atoms in total. The number of allylic oxidation sites excluding steroid dienone is 2. The highest BCUT2D eigenvalue weighted by Gasteiger charge is 2.25. The van der Waals surface area contributed by atoms with E-state index in [1.54, 1.807) is 19.3 Å². The molecule has 0 atom stereocenters. The molecule has 2 aromatic carbocycles. The number of anilines is 1. The quantitative estimate of drug-likeness (QED) is 0.671. The second-order valence-electron chi connectivity index (χ2n) is 7.74. The fraction of sp³-hybridized carbons (Fsp3) is 0.240. The molecule has 0 saturated carbocycles. The summed E-state index contributed by atoms with van der Waals surface area (Å²) < 4.78 is 0. The van der Waals surface area contributed by atoms with Crippen LogP contribution in [0.5, 0.6) is 0 Å². The summed E-state index contributed by atoms with van der Waals surface area (Å²) in [6.07, 6.45) is 8.09. The van der Waals surface area contributed by atoms with E-state index in [0.29, 0.717) is 47.5 Å². The topological polar surface area (TPSA) is 100.0 Å². The lowest BCUT2D eigenvalue weighted by Gasteiger charge is -2.22. The van der Waals surface area contributed by atoms with Gasteiger partial charge >= 0.3 is 0 Å². The zero-order valence-electron chi connectivity index (χ0n) is 18.1. The molecule has 0 radical (unpaired) electrons. The van der Waals surface area contributed by atoms with E-state index in [2.05, 4.69) is 20.8 Å². The molecule has 0 saturated heterocycles. The standard InChI is InChI=1S/C25H24N4O3/c1-15-16(7-5-10-20(15)28-25(31)22-9-3-4-14-27-22)18-12-13-19(24(30)26-2)17-8-6-11-21(29-32)23(17)18/h4-5,7,10-14H,3,6,8-9H2,1-2H3,(H,26,30)(H,28,31). The lowest BCUT2D eigenvalue weighted by atomic mass is 9.83. The summed E-state index contributed by atoms with van der Waals surface area (Å²) in [7, 11) is 1.59. The number of carbonyl (C=O) groups is 2. The molecule has 32 heavy (non-hydrogen) atoms. The van der Waals surface area contributed by atoms with Gasteiger partial charge in [0.2, 0.25) is 0 Å². The first-order valence-corrected chi connectivity index (χ1v) is 10.6. The fourth-order valence-electron chi connectivity index (χ4n) is 4.24. The minimum atomic E-state index is -0.221. The minimum Gasteiger partial charge on any atom is -0.355 e. The maximum absolute atomic E-state index is 12.7. The molecule has 162 valence electrons. The van der Waals surface area contributed by atoms with Crippen LogP contribution in [0.3, 0.4) is 0 Å². The Morgan fingerprint density at radius 1 is 1.03 bits per heavy atom. The first-order valence-electron chi connectivity index (χ1n) is 10.6. The summed E-state index contributed by atoms with van der Waals surface area (Å²) in [5, 5.41) is 8.88. The van der Waals surface area contributed by atoms with Gasteiger partial charge in [-0.15, -0.1) is 4.91 Å². The third kappa shape index (κ3) is 3.89. The number of aliphatic imine (C=N–C) groups is 1. The molecule has 1 aliphatic heterocycles. The van der Waals surface area contributed by atoms with Crippen LogP contribution in [-0.2, 0) is 11.2 Å². The Balaban J connectivity index is 1.80. The van der Waals surface area contributed by atoms with E-state index in [4.69, 9.17) is 0 Å². The Bertz CT molecular complexity index is 1210. The van der Waals surface area contributed by atoms with Crippen LogP contribution in [0.4, 0.5) is 5.69 Å². The maximum atomic E-state index is 12.7. The third-order valence-electron chi connectivity index (χ3n) is 5.89. The van der Waals surface area contributed by atoms with Gasteiger partial charge in [0.1, 0.15) is 11.4 Å².